The molecule has 3 heteroatoms. The van der Waals surface area contributed by atoms with Gasteiger partial charge in [-0.3, -0.25) is 0 Å². The molecule has 2 rings (SSSR count). The van der Waals surface area contributed by atoms with Crippen molar-refractivity contribution in [2.45, 2.75) is 61.3 Å². The Hall–Kier alpha value is -2.13. The number of nitrogens with one attached hydrogen (secondary N) is 1. The molecule has 0 fully saturated rings. The lowest BCUT2D eigenvalue weighted by molar-refractivity contribution is 0.637. The largest absolute Gasteiger partial charge is 0.383 e. The number of allylic oxidation sites excluding steroid dienone is 1. The number of rotatable bonds is 5. The lowest BCUT2D eigenvalue weighted by Gasteiger charge is -2.23. The minimum Gasteiger partial charge on any atom is -0.383 e. The molecule has 0 aromatic heterocycles. The molecule has 0 aliphatic heterocycles. The van der Waals surface area contributed by atoms with Gasteiger partial charge >= 0.3 is 0 Å². The highest BCUT2D eigenvalue weighted by molar-refractivity contribution is 7.80. The summed E-state index contributed by atoms with van der Waals surface area (Å²) < 4.78 is 0. The number of nitrogens with zero attached hydrogens (tertiary/aromatic N) is 1. The van der Waals surface area contributed by atoms with Gasteiger partial charge in [0, 0.05) is 26.3 Å². The van der Waals surface area contributed by atoms with Crippen LogP contribution in [0.2, 0.25) is 0 Å². The number of benzene rings is 2. The maximum Gasteiger partial charge on any atom is 0.0719 e. The van der Waals surface area contributed by atoms with Gasteiger partial charge in [0.1, 0.15) is 0 Å². The third-order valence-electron chi connectivity index (χ3n) is 4.81. The monoisotopic (exact) mass is 440 g/mol. The van der Waals surface area contributed by atoms with Crippen molar-refractivity contribution >= 4 is 28.5 Å². The van der Waals surface area contributed by atoms with Gasteiger partial charge in [-0.25, -0.2) is 0 Å². The zero-order valence-electron chi connectivity index (χ0n) is 21.5. The first-order valence-electron chi connectivity index (χ1n) is 11.1. The van der Waals surface area contributed by atoms with Crippen molar-refractivity contribution in [2.24, 2.45) is 5.92 Å². The highest BCUT2D eigenvalue weighted by Crippen LogP contribution is 2.21. The average molecular weight is 441 g/mol. The maximum absolute atomic E-state index is 4.59. The van der Waals surface area contributed by atoms with Crippen LogP contribution in [0.25, 0.3) is 5.57 Å². The van der Waals surface area contributed by atoms with Crippen LogP contribution >= 0.6 is 12.2 Å². The Kier molecular flexibility index (Phi) is 13.8. The fourth-order valence-electron chi connectivity index (χ4n) is 2.94. The van der Waals surface area contributed by atoms with Crippen LogP contribution in [0.15, 0.2) is 49.0 Å². The standard InChI is InChI=1S/C13H21N.C12H16.C3H7NS/c1-10(2)9-14(5)13-8-11(3)6-7-12(13)4;1-9(2)11-6-5-7-12(8-11)10(3)4;1-3(5)4-2/h6-8,10H,9H2,1-5H3;5-8,10H,1H2,2-4H3;1-2H3,(H,4,5). The molecule has 0 aliphatic rings. The molecule has 172 valence electrons. The maximum atomic E-state index is 4.59. The molecule has 0 heterocycles. The van der Waals surface area contributed by atoms with Crippen molar-refractivity contribution in [3.05, 3.63) is 71.3 Å². The first-order valence-corrected chi connectivity index (χ1v) is 11.5. The highest BCUT2D eigenvalue weighted by atomic mass is 32.1. The van der Waals surface area contributed by atoms with Gasteiger partial charge in [-0.1, -0.05) is 88.5 Å². The quantitative estimate of drug-likeness (QED) is 0.478. The molecular weight excluding hydrogens is 396 g/mol. The van der Waals surface area contributed by atoms with Gasteiger partial charge in [0.15, 0.2) is 0 Å². The Labute approximate surface area is 197 Å². The van der Waals surface area contributed by atoms with E-state index in [1.165, 1.54) is 27.9 Å². The summed E-state index contributed by atoms with van der Waals surface area (Å²) in [5.41, 5.74) is 7.83. The average Bonchev–Trinajstić information content (AvgIpc) is 2.70. The van der Waals surface area contributed by atoms with E-state index in [2.05, 4.69) is 120 Å². The van der Waals surface area contributed by atoms with E-state index in [-0.39, 0.29) is 0 Å². The fourth-order valence-corrected chi connectivity index (χ4v) is 2.94. The molecule has 0 atom stereocenters. The molecule has 0 radical (unpaired) electrons. The summed E-state index contributed by atoms with van der Waals surface area (Å²) in [6.07, 6.45) is 0. The number of hydrogen-bond donors (Lipinski definition) is 1. The van der Waals surface area contributed by atoms with Crippen LogP contribution in [0.3, 0.4) is 0 Å². The Morgan fingerprint density at radius 1 is 1.03 bits per heavy atom. The fraction of sp³-hybridized carbons (Fsp3) is 0.464. The minimum atomic E-state index is 0.601. The van der Waals surface area contributed by atoms with Crippen LogP contribution < -0.4 is 10.2 Å². The van der Waals surface area contributed by atoms with Crippen molar-refractivity contribution < 1.29 is 0 Å². The summed E-state index contributed by atoms with van der Waals surface area (Å²) >= 11 is 4.59. The van der Waals surface area contributed by atoms with Gasteiger partial charge < -0.3 is 10.2 Å². The molecule has 0 unspecified atom stereocenters. The van der Waals surface area contributed by atoms with Crippen LogP contribution in [0, 0.1) is 19.8 Å². The summed E-state index contributed by atoms with van der Waals surface area (Å²) in [6.45, 7) is 22.2. The molecular formula is C28H44N2S. The highest BCUT2D eigenvalue weighted by Gasteiger charge is 2.06. The summed E-state index contributed by atoms with van der Waals surface area (Å²) in [5.74, 6) is 1.31. The third-order valence-corrected chi connectivity index (χ3v) is 5.02. The van der Waals surface area contributed by atoms with E-state index in [9.17, 15) is 0 Å². The molecule has 0 spiro atoms. The van der Waals surface area contributed by atoms with Crippen molar-refractivity contribution in [1.82, 2.24) is 5.32 Å². The van der Waals surface area contributed by atoms with Crippen LogP contribution in [-0.4, -0.2) is 25.6 Å². The lowest BCUT2D eigenvalue weighted by Crippen LogP contribution is -2.23. The van der Waals surface area contributed by atoms with Crippen molar-refractivity contribution in [3.8, 4) is 0 Å². The smallest absolute Gasteiger partial charge is 0.0719 e. The van der Waals surface area contributed by atoms with Crippen LogP contribution in [0.5, 0.6) is 0 Å². The number of aryl methyl sites for hydroxylation is 2. The minimum absolute atomic E-state index is 0.601. The summed E-state index contributed by atoms with van der Waals surface area (Å²) in [4.78, 5) is 3.18. The van der Waals surface area contributed by atoms with E-state index in [1.807, 2.05) is 20.9 Å². The topological polar surface area (TPSA) is 15.3 Å². The molecule has 0 saturated heterocycles. The Morgan fingerprint density at radius 2 is 1.61 bits per heavy atom. The SMILES string of the molecule is C=C(C)c1cccc(C(C)C)c1.CNC(C)=S.Cc1ccc(C)c(N(C)CC(C)C)c1. The van der Waals surface area contributed by atoms with Crippen molar-refractivity contribution in [3.63, 3.8) is 0 Å². The normalized spacial score (nSPS) is 9.94. The van der Waals surface area contributed by atoms with E-state index < -0.39 is 0 Å². The Balaban J connectivity index is 0.000000483. The van der Waals surface area contributed by atoms with Gasteiger partial charge in [-0.2, -0.15) is 0 Å². The van der Waals surface area contributed by atoms with Gasteiger partial charge in [0.2, 0.25) is 0 Å². The molecule has 2 nitrogen and oxygen atoms in total. The zero-order valence-corrected chi connectivity index (χ0v) is 22.3. The van der Waals surface area contributed by atoms with E-state index in [0.717, 1.165) is 17.1 Å². The van der Waals surface area contributed by atoms with E-state index in [0.29, 0.717) is 11.8 Å². The van der Waals surface area contributed by atoms with E-state index in [1.54, 1.807) is 0 Å². The van der Waals surface area contributed by atoms with Gasteiger partial charge in [0.25, 0.3) is 0 Å². The summed E-state index contributed by atoms with van der Waals surface area (Å²) in [6, 6.07) is 15.2. The summed E-state index contributed by atoms with van der Waals surface area (Å²) in [5, 5.41) is 2.76. The molecule has 31 heavy (non-hydrogen) atoms. The number of thiocarbonyl (C=S) groups is 1. The zero-order chi connectivity index (χ0) is 24.1. The second kappa shape index (κ2) is 14.8. The number of hydrogen-bond acceptors (Lipinski definition) is 2. The summed E-state index contributed by atoms with van der Waals surface area (Å²) in [7, 11) is 3.98. The van der Waals surface area contributed by atoms with E-state index >= 15 is 0 Å². The molecule has 1 N–H and O–H groups in total. The Bertz CT molecular complexity index is 822. The lowest BCUT2D eigenvalue weighted by atomic mass is 9.99. The predicted molar refractivity (Wildman–Crippen MR) is 147 cm³/mol. The third kappa shape index (κ3) is 12.3. The molecule has 0 bridgehead atoms. The van der Waals surface area contributed by atoms with Crippen LogP contribution in [0.1, 0.15) is 69.7 Å². The van der Waals surface area contributed by atoms with Crippen molar-refractivity contribution in [1.29, 1.82) is 0 Å². The molecule has 0 saturated carbocycles. The van der Waals surface area contributed by atoms with Crippen molar-refractivity contribution in [2.75, 3.05) is 25.5 Å². The Morgan fingerprint density at radius 3 is 2.06 bits per heavy atom. The second-order valence-corrected chi connectivity index (χ2v) is 9.54. The molecule has 0 aliphatic carbocycles. The molecule has 2 aromatic rings. The van der Waals surface area contributed by atoms with Gasteiger partial charge in [0.05, 0.1) is 4.99 Å². The van der Waals surface area contributed by atoms with Gasteiger partial charge in [-0.05, 0) is 67.9 Å². The molecule has 2 aromatic carbocycles. The number of anilines is 1. The first kappa shape index (κ1) is 28.9. The first-order chi connectivity index (χ1) is 14.4. The second-order valence-electron chi connectivity index (χ2n) is 8.93. The van der Waals surface area contributed by atoms with Gasteiger partial charge in [-0.15, -0.1) is 0 Å². The van der Waals surface area contributed by atoms with E-state index in [4.69, 9.17) is 0 Å². The van der Waals surface area contributed by atoms with Crippen LogP contribution in [-0.2, 0) is 0 Å². The predicted octanol–water partition coefficient (Wildman–Crippen LogP) is 7.79. The molecule has 0 amide bonds. The van der Waals surface area contributed by atoms with Crippen LogP contribution in [0.4, 0.5) is 5.69 Å².